The highest BCUT2D eigenvalue weighted by Gasteiger charge is 2.68. The standard InChI is InChI=1S/C23H22N2O4/c1-29-16-11-9-15(10-12-16)25-22(27)18-17-8-5-13-24(17)20(19(18)23(25)28)21(26)14-6-3-2-4-7-14/h2-4,6-7,9-12,17-20H,5,8,13H2,1H3/p+1/t17-,18+,19+,20-/m0/s1. The zero-order valence-electron chi connectivity index (χ0n) is 16.2. The van der Waals surface area contributed by atoms with Gasteiger partial charge in [0.1, 0.15) is 23.6 Å². The number of methoxy groups -OCH3 is 1. The molecule has 1 unspecified atom stereocenters. The van der Waals surface area contributed by atoms with Crippen molar-refractivity contribution in [3.05, 3.63) is 60.2 Å². The van der Waals surface area contributed by atoms with Crippen molar-refractivity contribution in [1.82, 2.24) is 0 Å². The number of carbonyl (C=O) groups excluding carboxylic acids is 3. The SMILES string of the molecule is COc1ccc(N2C(=O)[C@@H]3[C@H](C2=O)[C@@H]2CCC[NH+]2[C@@H]3C(=O)c2ccccc2)cc1. The first-order valence-electron chi connectivity index (χ1n) is 10.1. The Labute approximate surface area is 169 Å². The normalized spacial score (nSPS) is 30.4. The molecule has 0 aromatic heterocycles. The second-order valence-corrected chi connectivity index (χ2v) is 8.04. The van der Waals surface area contributed by atoms with E-state index in [1.807, 2.05) is 18.2 Å². The van der Waals surface area contributed by atoms with Crippen LogP contribution in [0.1, 0.15) is 23.2 Å². The number of imide groups is 1. The van der Waals surface area contributed by atoms with Crippen molar-refractivity contribution >= 4 is 23.3 Å². The molecular formula is C23H23N2O4+. The van der Waals surface area contributed by atoms with Crippen LogP contribution in [0, 0.1) is 11.8 Å². The van der Waals surface area contributed by atoms with Gasteiger partial charge in [0.2, 0.25) is 17.6 Å². The van der Waals surface area contributed by atoms with Gasteiger partial charge in [0, 0.05) is 18.4 Å². The van der Waals surface area contributed by atoms with Gasteiger partial charge in [0.15, 0.2) is 6.04 Å². The van der Waals surface area contributed by atoms with Crippen molar-refractivity contribution < 1.29 is 24.0 Å². The molecule has 0 aliphatic carbocycles. The summed E-state index contributed by atoms with van der Waals surface area (Å²) in [5.74, 6) is -0.786. The van der Waals surface area contributed by atoms with Crippen molar-refractivity contribution in [2.45, 2.75) is 24.9 Å². The van der Waals surface area contributed by atoms with Gasteiger partial charge in [0.05, 0.1) is 19.3 Å². The number of hydrogen-bond acceptors (Lipinski definition) is 4. The molecule has 3 heterocycles. The Kier molecular flexibility index (Phi) is 4.24. The lowest BCUT2D eigenvalue weighted by Crippen LogP contribution is -3.16. The van der Waals surface area contributed by atoms with Crippen LogP contribution in [0.25, 0.3) is 0 Å². The molecule has 0 saturated carbocycles. The minimum Gasteiger partial charge on any atom is -0.497 e. The molecule has 3 aliphatic heterocycles. The molecule has 2 aromatic rings. The Morgan fingerprint density at radius 3 is 2.38 bits per heavy atom. The van der Waals surface area contributed by atoms with Crippen LogP contribution in [0.2, 0.25) is 0 Å². The van der Waals surface area contributed by atoms with Gasteiger partial charge in [-0.05, 0) is 24.3 Å². The zero-order valence-corrected chi connectivity index (χ0v) is 16.2. The largest absolute Gasteiger partial charge is 0.497 e. The number of quaternary nitrogens is 1. The third kappa shape index (κ3) is 2.63. The maximum atomic E-state index is 13.4. The maximum absolute atomic E-state index is 13.4. The summed E-state index contributed by atoms with van der Waals surface area (Å²) in [5, 5.41) is 0. The lowest BCUT2D eigenvalue weighted by molar-refractivity contribution is -0.915. The van der Waals surface area contributed by atoms with Crippen molar-refractivity contribution in [1.29, 1.82) is 0 Å². The molecular weight excluding hydrogens is 368 g/mol. The fraction of sp³-hybridized carbons (Fsp3) is 0.348. The van der Waals surface area contributed by atoms with Gasteiger partial charge in [-0.25, -0.2) is 4.90 Å². The number of ketones is 1. The van der Waals surface area contributed by atoms with Crippen LogP contribution in [0.15, 0.2) is 54.6 Å². The Balaban J connectivity index is 1.53. The molecule has 3 aliphatic rings. The molecule has 5 rings (SSSR count). The number of fused-ring (bicyclic) bond motifs is 3. The average molecular weight is 391 g/mol. The number of Topliss-reactive ketones (excluding diaryl/α,β-unsaturated/α-hetero) is 1. The van der Waals surface area contributed by atoms with Crippen LogP contribution in [0.3, 0.4) is 0 Å². The Morgan fingerprint density at radius 2 is 1.69 bits per heavy atom. The summed E-state index contributed by atoms with van der Waals surface area (Å²) in [6.45, 7) is 0.837. The fourth-order valence-corrected chi connectivity index (χ4v) is 5.51. The Morgan fingerprint density at radius 1 is 1.00 bits per heavy atom. The topological polar surface area (TPSA) is 68.1 Å². The zero-order chi connectivity index (χ0) is 20.1. The number of ether oxygens (including phenoxy) is 1. The molecule has 6 nitrogen and oxygen atoms in total. The lowest BCUT2D eigenvalue weighted by atomic mass is 9.85. The van der Waals surface area contributed by atoms with Gasteiger partial charge in [-0.3, -0.25) is 14.4 Å². The number of anilines is 1. The van der Waals surface area contributed by atoms with Crippen LogP contribution in [0.5, 0.6) is 5.75 Å². The van der Waals surface area contributed by atoms with Crippen molar-refractivity contribution in [2.75, 3.05) is 18.6 Å². The van der Waals surface area contributed by atoms with E-state index in [4.69, 9.17) is 4.74 Å². The summed E-state index contributed by atoms with van der Waals surface area (Å²) in [5.41, 5.74) is 1.15. The van der Waals surface area contributed by atoms with E-state index < -0.39 is 17.9 Å². The molecule has 2 amide bonds. The first-order valence-corrected chi connectivity index (χ1v) is 10.1. The predicted octanol–water partition coefficient (Wildman–Crippen LogP) is 1.11. The number of nitrogens with one attached hydrogen (secondary N) is 1. The highest BCUT2D eigenvalue weighted by molar-refractivity contribution is 6.24. The van der Waals surface area contributed by atoms with Crippen molar-refractivity contribution in [2.24, 2.45) is 11.8 Å². The van der Waals surface area contributed by atoms with Gasteiger partial charge in [-0.2, -0.15) is 0 Å². The monoisotopic (exact) mass is 391 g/mol. The molecule has 0 spiro atoms. The van der Waals surface area contributed by atoms with E-state index in [0.717, 1.165) is 24.3 Å². The van der Waals surface area contributed by atoms with Gasteiger partial charge in [0.25, 0.3) is 0 Å². The molecule has 0 bridgehead atoms. The van der Waals surface area contributed by atoms with Gasteiger partial charge in [-0.15, -0.1) is 0 Å². The lowest BCUT2D eigenvalue weighted by Gasteiger charge is -2.25. The average Bonchev–Trinajstić information content (AvgIpc) is 3.40. The smallest absolute Gasteiger partial charge is 0.244 e. The number of rotatable bonds is 4. The van der Waals surface area contributed by atoms with E-state index in [2.05, 4.69) is 0 Å². The molecule has 0 radical (unpaired) electrons. The molecule has 29 heavy (non-hydrogen) atoms. The minimum absolute atomic E-state index is 0.0299. The van der Waals surface area contributed by atoms with Crippen LogP contribution >= 0.6 is 0 Å². The maximum Gasteiger partial charge on any atom is 0.244 e. The van der Waals surface area contributed by atoms with Gasteiger partial charge < -0.3 is 9.64 Å². The number of benzene rings is 2. The molecule has 5 atom stereocenters. The summed E-state index contributed by atoms with van der Waals surface area (Å²) >= 11 is 0. The second-order valence-electron chi connectivity index (χ2n) is 8.04. The van der Waals surface area contributed by atoms with Crippen molar-refractivity contribution in [3.8, 4) is 5.75 Å². The summed E-state index contributed by atoms with van der Waals surface area (Å²) in [7, 11) is 1.57. The highest BCUT2D eigenvalue weighted by Crippen LogP contribution is 2.40. The molecule has 148 valence electrons. The van der Waals surface area contributed by atoms with E-state index in [9.17, 15) is 14.4 Å². The second kappa shape index (κ2) is 6.81. The molecule has 3 saturated heterocycles. The van der Waals surface area contributed by atoms with E-state index in [1.165, 1.54) is 4.90 Å². The van der Waals surface area contributed by atoms with Gasteiger partial charge >= 0.3 is 0 Å². The highest BCUT2D eigenvalue weighted by atomic mass is 16.5. The van der Waals surface area contributed by atoms with E-state index >= 15 is 0 Å². The fourth-order valence-electron chi connectivity index (χ4n) is 5.51. The number of carbonyl (C=O) groups is 3. The Hall–Kier alpha value is -2.99. The minimum atomic E-state index is -0.586. The van der Waals surface area contributed by atoms with Crippen LogP contribution in [-0.4, -0.2) is 43.3 Å². The quantitative estimate of drug-likeness (QED) is 0.626. The number of nitrogens with zero attached hydrogens (tertiary/aromatic N) is 1. The van der Waals surface area contributed by atoms with Crippen LogP contribution in [0.4, 0.5) is 5.69 Å². The molecule has 1 N–H and O–H groups in total. The van der Waals surface area contributed by atoms with Crippen LogP contribution in [-0.2, 0) is 9.59 Å². The summed E-state index contributed by atoms with van der Waals surface area (Å²) in [6, 6.07) is 15.6. The summed E-state index contributed by atoms with van der Waals surface area (Å²) < 4.78 is 5.18. The van der Waals surface area contributed by atoms with Crippen molar-refractivity contribution in [3.63, 3.8) is 0 Å². The van der Waals surface area contributed by atoms with E-state index in [1.54, 1.807) is 43.5 Å². The number of hydrogen-bond donors (Lipinski definition) is 1. The van der Waals surface area contributed by atoms with E-state index in [0.29, 0.717) is 17.0 Å². The van der Waals surface area contributed by atoms with Crippen LogP contribution < -0.4 is 14.5 Å². The summed E-state index contributed by atoms with van der Waals surface area (Å²) in [4.78, 5) is 42.6. The predicted molar refractivity (Wildman–Crippen MR) is 106 cm³/mol. The third-order valence-corrected chi connectivity index (χ3v) is 6.72. The molecule has 6 heteroatoms. The van der Waals surface area contributed by atoms with Gasteiger partial charge in [-0.1, -0.05) is 30.3 Å². The summed E-state index contributed by atoms with van der Waals surface area (Å²) in [6.07, 6.45) is 1.86. The first-order chi connectivity index (χ1) is 14.1. The molecule has 3 fully saturated rings. The first kappa shape index (κ1) is 18.1. The number of amides is 2. The van der Waals surface area contributed by atoms with E-state index in [-0.39, 0.29) is 23.6 Å². The third-order valence-electron chi connectivity index (χ3n) is 6.72. The Bertz CT molecular complexity index is 972. The molecule has 2 aromatic carbocycles.